The zero-order valence-electron chi connectivity index (χ0n) is 35.8. The number of esters is 1. The lowest BCUT2D eigenvalue weighted by Gasteiger charge is -2.41. The van der Waals surface area contributed by atoms with Crippen molar-refractivity contribution >= 4 is 23.9 Å². The molecule has 0 aliphatic carbocycles. The van der Waals surface area contributed by atoms with E-state index in [0.29, 0.717) is 30.8 Å². The van der Waals surface area contributed by atoms with Gasteiger partial charge in [0.05, 0.1) is 24.8 Å². The van der Waals surface area contributed by atoms with Crippen molar-refractivity contribution < 1.29 is 9.53 Å². The van der Waals surface area contributed by atoms with Gasteiger partial charge in [0.15, 0.2) is 0 Å². The van der Waals surface area contributed by atoms with Gasteiger partial charge in [-0.1, -0.05) is 161 Å². The molecule has 0 N–H and O–H groups in total. The van der Waals surface area contributed by atoms with Gasteiger partial charge in [-0.2, -0.15) is 0 Å². The number of rotatable bonds is 16. The predicted octanol–water partition coefficient (Wildman–Crippen LogP) is 9.79. The molecular formula is C50H54N8O3. The van der Waals surface area contributed by atoms with Crippen molar-refractivity contribution in [2.24, 2.45) is 21.4 Å². The van der Waals surface area contributed by atoms with E-state index in [1.807, 2.05) is 63.3 Å². The number of carbonyl (C=O) groups is 1. The van der Waals surface area contributed by atoms with Crippen LogP contribution in [0.2, 0.25) is 0 Å². The van der Waals surface area contributed by atoms with Gasteiger partial charge in [-0.25, -0.2) is 24.8 Å². The van der Waals surface area contributed by atoms with Crippen molar-refractivity contribution in [2.75, 3.05) is 32.9 Å². The fourth-order valence-electron chi connectivity index (χ4n) is 8.15. The largest absolute Gasteiger partial charge is 0.467 e. The maximum Gasteiger partial charge on any atom is 0.329 e. The van der Waals surface area contributed by atoms with Gasteiger partial charge in [0.25, 0.3) is 5.56 Å². The van der Waals surface area contributed by atoms with Crippen LogP contribution in [0.15, 0.2) is 160 Å². The number of aliphatic imine (C=N–C) groups is 1. The summed E-state index contributed by atoms with van der Waals surface area (Å²) >= 11 is 0. The second-order valence-electron chi connectivity index (χ2n) is 15.9. The van der Waals surface area contributed by atoms with E-state index in [0.717, 1.165) is 51.9 Å². The zero-order valence-corrected chi connectivity index (χ0v) is 35.8. The fraction of sp³-hybridized carbons (Fsp3) is 0.280. The summed E-state index contributed by atoms with van der Waals surface area (Å²) in [5.74, 6) is -0.569. The van der Waals surface area contributed by atoms with E-state index in [4.69, 9.17) is 20.2 Å². The van der Waals surface area contributed by atoms with E-state index in [1.54, 1.807) is 11.2 Å². The molecule has 2 heterocycles. The monoisotopic (exact) mass is 814 g/mol. The number of aromatic nitrogens is 2. The Morgan fingerprint density at radius 2 is 1.39 bits per heavy atom. The third-order valence-electron chi connectivity index (χ3n) is 11.1. The molecule has 0 amide bonds. The first-order valence-electron chi connectivity index (χ1n) is 20.9. The Hall–Kier alpha value is -6.88. The highest BCUT2D eigenvalue weighted by molar-refractivity contribution is 5.79. The molecule has 0 fully saturated rings. The molecule has 0 spiro atoms. The summed E-state index contributed by atoms with van der Waals surface area (Å²) in [5.41, 5.74) is 7.29. The minimum Gasteiger partial charge on any atom is -0.467 e. The van der Waals surface area contributed by atoms with Crippen LogP contribution in [0, 0.1) is 5.92 Å². The average molecular weight is 815 g/mol. The van der Waals surface area contributed by atoms with Crippen LogP contribution in [0.4, 0.5) is 11.6 Å². The fourth-order valence-corrected chi connectivity index (χ4v) is 8.15. The first kappa shape index (κ1) is 42.3. The van der Waals surface area contributed by atoms with Crippen LogP contribution >= 0.6 is 0 Å². The number of carbonyl (C=O) groups excluding carboxylic acids is 1. The zero-order chi connectivity index (χ0) is 42.9. The summed E-state index contributed by atoms with van der Waals surface area (Å²) in [6, 6.07) is 47.0. The molecular weight excluding hydrogens is 761 g/mol. The van der Waals surface area contributed by atoms with Crippen LogP contribution in [0.25, 0.3) is 11.1 Å². The molecule has 61 heavy (non-hydrogen) atoms. The number of benzene rings is 5. The number of para-hydroxylation sites is 1. The Balaban J connectivity index is 1.24. The van der Waals surface area contributed by atoms with E-state index >= 15 is 0 Å². The highest BCUT2D eigenvalue weighted by Gasteiger charge is 2.45. The third kappa shape index (κ3) is 8.73. The second-order valence-corrected chi connectivity index (χ2v) is 15.9. The Kier molecular flexibility index (Phi) is 13.2. The standard InChI is InChI=1S/C50H54N8O3/c1-7-8-27-44-43(47(59)58(46(36(2)3)48(60)61-6)49(52-44)51-34-55(4)5)33-37-29-31-38(32-30-37)42-26-18-19-28-45(42)56-35-57(54-53-56)50(39-20-12-9-13-21-39,40-22-14-10-15-23-40)41-24-16-11-17-25-41/h9-26,28-32,34,36,46H,7-8,27,33,35H2,1-6H3. The van der Waals surface area contributed by atoms with E-state index in [2.05, 4.69) is 126 Å². The number of ether oxygens (including phenoxy) is 1. The van der Waals surface area contributed by atoms with Crippen LogP contribution in [-0.2, 0) is 27.9 Å². The van der Waals surface area contributed by atoms with E-state index in [1.165, 1.54) is 11.7 Å². The normalized spacial score (nSPS) is 13.3. The Bertz CT molecular complexity index is 2420. The van der Waals surface area contributed by atoms with Crippen molar-refractivity contribution in [2.45, 2.75) is 58.0 Å². The van der Waals surface area contributed by atoms with Crippen LogP contribution in [0.5, 0.6) is 0 Å². The van der Waals surface area contributed by atoms with E-state index < -0.39 is 17.6 Å². The van der Waals surface area contributed by atoms with E-state index in [-0.39, 0.29) is 17.4 Å². The number of hydrogen-bond donors (Lipinski definition) is 0. The van der Waals surface area contributed by atoms with Crippen molar-refractivity contribution in [1.29, 1.82) is 0 Å². The van der Waals surface area contributed by atoms with Gasteiger partial charge in [0.2, 0.25) is 5.95 Å². The molecule has 11 nitrogen and oxygen atoms in total. The minimum atomic E-state index is -0.894. The average Bonchev–Trinajstić information content (AvgIpc) is 3.78. The van der Waals surface area contributed by atoms with Crippen LogP contribution in [0.3, 0.4) is 0 Å². The highest BCUT2D eigenvalue weighted by atomic mass is 16.5. The highest BCUT2D eigenvalue weighted by Crippen LogP contribution is 2.45. The van der Waals surface area contributed by atoms with Gasteiger partial charge in [-0.05, 0) is 63.1 Å². The molecule has 7 rings (SSSR count). The lowest BCUT2D eigenvalue weighted by atomic mass is 9.76. The summed E-state index contributed by atoms with van der Waals surface area (Å²) in [5, 5.41) is 13.7. The molecule has 0 bridgehead atoms. The van der Waals surface area contributed by atoms with Crippen LogP contribution in [0.1, 0.15) is 73.2 Å². The SMILES string of the molecule is CCCCc1nc(N=CN(C)C)n(C(C(=O)OC)C(C)C)c(=O)c1Cc1ccc(-c2ccccc2N2CN(C(c3ccccc3)(c3ccccc3)c3ccccc3)N=N2)cc1. The van der Waals surface area contributed by atoms with Gasteiger partial charge in [0.1, 0.15) is 18.2 Å². The van der Waals surface area contributed by atoms with Gasteiger partial charge in [-0.3, -0.25) is 9.36 Å². The van der Waals surface area contributed by atoms with Crippen molar-refractivity contribution in [1.82, 2.24) is 19.5 Å². The number of unbranched alkanes of at least 4 members (excludes halogenated alkanes) is 1. The molecule has 6 aromatic rings. The smallest absolute Gasteiger partial charge is 0.329 e. The minimum absolute atomic E-state index is 0.191. The first-order valence-corrected chi connectivity index (χ1v) is 20.9. The second kappa shape index (κ2) is 19.0. The van der Waals surface area contributed by atoms with Gasteiger partial charge in [-0.15, -0.1) is 0 Å². The Morgan fingerprint density at radius 1 is 0.820 bits per heavy atom. The molecule has 0 saturated carbocycles. The number of methoxy groups -OCH3 is 1. The number of aryl methyl sites for hydroxylation is 1. The third-order valence-corrected chi connectivity index (χ3v) is 11.1. The molecule has 0 saturated heterocycles. The Labute approximate surface area is 358 Å². The van der Waals surface area contributed by atoms with Gasteiger partial charge >= 0.3 is 5.97 Å². The molecule has 1 atom stereocenters. The summed E-state index contributed by atoms with van der Waals surface area (Å²) in [7, 11) is 5.03. The molecule has 1 aromatic heterocycles. The first-order chi connectivity index (χ1) is 29.7. The maximum absolute atomic E-state index is 14.6. The van der Waals surface area contributed by atoms with Gasteiger partial charge < -0.3 is 9.64 Å². The summed E-state index contributed by atoms with van der Waals surface area (Å²) in [6.45, 7) is 6.29. The quantitative estimate of drug-likeness (QED) is 0.0415. The summed E-state index contributed by atoms with van der Waals surface area (Å²) in [4.78, 5) is 39.1. The number of nitrogens with zero attached hydrogens (tertiary/aromatic N) is 8. The topological polar surface area (TPSA) is 108 Å². The number of anilines is 1. The molecule has 11 heteroatoms. The summed E-state index contributed by atoms with van der Waals surface area (Å²) < 4.78 is 6.61. The lowest BCUT2D eigenvalue weighted by molar-refractivity contribution is -0.146. The maximum atomic E-state index is 14.6. The molecule has 1 aliphatic heterocycles. The molecule has 312 valence electrons. The number of hydrogen-bond acceptors (Lipinski definition) is 9. The predicted molar refractivity (Wildman–Crippen MR) is 243 cm³/mol. The summed E-state index contributed by atoms with van der Waals surface area (Å²) in [6.07, 6.45) is 4.34. The van der Waals surface area contributed by atoms with Gasteiger partial charge in [0, 0.05) is 31.6 Å². The van der Waals surface area contributed by atoms with Crippen molar-refractivity contribution in [3.63, 3.8) is 0 Å². The van der Waals surface area contributed by atoms with Crippen molar-refractivity contribution in [3.8, 4) is 11.1 Å². The Morgan fingerprint density at radius 3 is 1.93 bits per heavy atom. The van der Waals surface area contributed by atoms with E-state index in [9.17, 15) is 9.59 Å². The van der Waals surface area contributed by atoms with Crippen LogP contribution in [-0.4, -0.2) is 59.6 Å². The molecule has 1 unspecified atom stereocenters. The molecule has 5 aromatic carbocycles. The molecule has 1 aliphatic rings. The van der Waals surface area contributed by atoms with Crippen molar-refractivity contribution in [3.05, 3.63) is 183 Å². The lowest BCUT2D eigenvalue weighted by Crippen LogP contribution is -2.46. The van der Waals surface area contributed by atoms with Crippen LogP contribution < -0.4 is 10.6 Å². The molecule has 0 radical (unpaired) electrons.